The Morgan fingerprint density at radius 3 is 2.48 bits per heavy atom. The minimum absolute atomic E-state index is 0.164. The third kappa shape index (κ3) is 3.65. The molecule has 25 heavy (non-hydrogen) atoms. The van der Waals surface area contributed by atoms with E-state index in [0.717, 1.165) is 18.5 Å². The van der Waals surface area contributed by atoms with E-state index in [-0.39, 0.29) is 5.89 Å². The van der Waals surface area contributed by atoms with Crippen molar-refractivity contribution in [2.45, 2.75) is 25.7 Å². The highest BCUT2D eigenvalue weighted by atomic mass is 19.3. The zero-order valence-electron chi connectivity index (χ0n) is 12.6. The second-order valence-corrected chi connectivity index (χ2v) is 5.03. The van der Waals surface area contributed by atoms with Crippen LogP contribution in [0.2, 0.25) is 0 Å². The van der Waals surface area contributed by atoms with Gasteiger partial charge in [-0.1, -0.05) is 0 Å². The molecule has 2 aromatic rings. The number of hydrogen-bond donors (Lipinski definition) is 1. The number of alkyl halides is 4. The van der Waals surface area contributed by atoms with Crippen LogP contribution in [0.1, 0.15) is 18.4 Å². The summed E-state index contributed by atoms with van der Waals surface area (Å²) in [7, 11) is 0. The van der Waals surface area contributed by atoms with Crippen molar-refractivity contribution in [3.05, 3.63) is 42.1 Å². The third-order valence-corrected chi connectivity index (χ3v) is 3.26. The van der Waals surface area contributed by atoms with E-state index in [2.05, 4.69) is 25.2 Å². The molecule has 7 nitrogen and oxygen atoms in total. The van der Waals surface area contributed by atoms with Crippen LogP contribution in [0.3, 0.4) is 0 Å². The molecule has 1 aliphatic rings. The van der Waals surface area contributed by atoms with E-state index in [4.69, 9.17) is 9.25 Å². The van der Waals surface area contributed by atoms with Gasteiger partial charge in [0.1, 0.15) is 0 Å². The van der Waals surface area contributed by atoms with E-state index in [1.165, 1.54) is 6.07 Å². The molecule has 1 aromatic carbocycles. The van der Waals surface area contributed by atoms with E-state index in [1.54, 1.807) is 13.0 Å². The van der Waals surface area contributed by atoms with Crippen LogP contribution in [0.4, 0.5) is 17.6 Å². The Morgan fingerprint density at radius 2 is 1.84 bits per heavy atom. The van der Waals surface area contributed by atoms with Crippen molar-refractivity contribution in [3.8, 4) is 11.5 Å². The van der Waals surface area contributed by atoms with E-state index in [0.29, 0.717) is 11.3 Å². The molecule has 0 fully saturated rings. The second kappa shape index (κ2) is 6.59. The molecule has 0 radical (unpaired) electrons. The average molecular weight is 361 g/mol. The summed E-state index contributed by atoms with van der Waals surface area (Å²) in [5, 5.41) is 7.30. The highest BCUT2D eigenvalue weighted by Crippen LogP contribution is 2.37. The molecule has 0 spiro atoms. The van der Waals surface area contributed by atoms with E-state index < -0.39 is 30.3 Å². The van der Waals surface area contributed by atoms with Crippen molar-refractivity contribution >= 4 is 5.70 Å². The van der Waals surface area contributed by atoms with Crippen LogP contribution in [-0.4, -0.2) is 23.4 Å². The van der Waals surface area contributed by atoms with Crippen molar-refractivity contribution < 1.29 is 36.3 Å². The van der Waals surface area contributed by atoms with Crippen LogP contribution in [-0.2, 0) is 10.4 Å². The van der Waals surface area contributed by atoms with Crippen LogP contribution in [0.25, 0.3) is 5.70 Å². The van der Waals surface area contributed by atoms with Crippen LogP contribution < -0.4 is 15.0 Å². The van der Waals surface area contributed by atoms with Gasteiger partial charge in [0.2, 0.25) is 6.39 Å². The summed E-state index contributed by atoms with van der Waals surface area (Å²) in [6, 6.07) is 3.58. The summed E-state index contributed by atoms with van der Waals surface area (Å²) in [5.74, 6) is -0.892. The number of hydroxylamine groups is 1. The molecule has 0 saturated heterocycles. The molecule has 1 unspecified atom stereocenters. The molecule has 1 aliphatic heterocycles. The largest absolute Gasteiger partial charge is 0.431 e. The number of rotatable bonds is 6. The van der Waals surface area contributed by atoms with Crippen molar-refractivity contribution in [2.24, 2.45) is 0 Å². The lowest BCUT2D eigenvalue weighted by molar-refractivity contribution is -0.0692. The van der Waals surface area contributed by atoms with Crippen molar-refractivity contribution in [1.29, 1.82) is 0 Å². The Hall–Kier alpha value is -2.82. The maximum absolute atomic E-state index is 12.5. The lowest BCUT2D eigenvalue weighted by atomic mass is 10.0. The topological polar surface area (TPSA) is 78.6 Å². The molecule has 134 valence electrons. The van der Waals surface area contributed by atoms with Crippen LogP contribution in [0.15, 0.2) is 35.1 Å². The molecule has 3 rings (SSSR count). The number of nitrogens with zero attached hydrogens (tertiary/aromatic N) is 2. The molecule has 1 atom stereocenters. The predicted molar refractivity (Wildman–Crippen MR) is 73.6 cm³/mol. The fourth-order valence-electron chi connectivity index (χ4n) is 2.19. The molecule has 11 heteroatoms. The van der Waals surface area contributed by atoms with Gasteiger partial charge >= 0.3 is 13.2 Å². The molecule has 0 aliphatic carbocycles. The molecule has 0 saturated carbocycles. The van der Waals surface area contributed by atoms with Gasteiger partial charge in [0.05, 0.1) is 5.70 Å². The van der Waals surface area contributed by atoms with Gasteiger partial charge in [0.25, 0.3) is 5.89 Å². The van der Waals surface area contributed by atoms with Gasteiger partial charge < -0.3 is 13.9 Å². The van der Waals surface area contributed by atoms with E-state index in [9.17, 15) is 17.6 Å². The van der Waals surface area contributed by atoms with Crippen LogP contribution in [0.5, 0.6) is 11.5 Å². The first kappa shape index (κ1) is 17.0. The highest BCUT2D eigenvalue weighted by molar-refractivity contribution is 5.68. The van der Waals surface area contributed by atoms with Gasteiger partial charge in [-0.15, -0.1) is 10.2 Å². The number of ether oxygens (including phenoxy) is 2. The lowest BCUT2D eigenvalue weighted by Gasteiger charge is -2.14. The summed E-state index contributed by atoms with van der Waals surface area (Å²) >= 11 is 0. The Bertz CT molecular complexity index is 769. The smallest absolute Gasteiger partial charge is 0.387 e. The maximum Gasteiger partial charge on any atom is 0.387 e. The highest BCUT2D eigenvalue weighted by Gasteiger charge is 2.37. The standard InChI is InChI=1S/C14H11F4N3O4/c1-14(11-20-19-6-22-11)5-8(21-25-14)7-2-3-9(23-12(15)16)10(4-7)24-13(17)18/h2-6,12-13,21H,1H3. The minimum atomic E-state index is -3.21. The SMILES string of the molecule is CC1(c2nnco2)C=C(c2ccc(OC(F)F)c(OC(F)F)c2)NO1. The monoisotopic (exact) mass is 361 g/mol. The van der Waals surface area contributed by atoms with Gasteiger partial charge in [0, 0.05) is 5.56 Å². The quantitative estimate of drug-likeness (QED) is 0.792. The minimum Gasteiger partial charge on any atom is -0.431 e. The number of benzene rings is 1. The Morgan fingerprint density at radius 1 is 1.12 bits per heavy atom. The Labute approximate surface area is 138 Å². The Kier molecular flexibility index (Phi) is 4.49. The molecule has 2 heterocycles. The zero-order valence-corrected chi connectivity index (χ0v) is 12.6. The molecule has 1 aromatic heterocycles. The Balaban J connectivity index is 1.92. The summed E-state index contributed by atoms with van der Waals surface area (Å²) in [6.07, 6.45) is 2.69. The molecular formula is C14H11F4N3O4. The van der Waals surface area contributed by atoms with Gasteiger partial charge in [0.15, 0.2) is 17.1 Å². The molecule has 0 bridgehead atoms. The summed E-state index contributed by atoms with van der Waals surface area (Å²) in [5.41, 5.74) is 2.20. The first-order valence-electron chi connectivity index (χ1n) is 6.85. The van der Waals surface area contributed by atoms with Crippen LogP contribution in [0, 0.1) is 0 Å². The molecular weight excluding hydrogens is 350 g/mol. The van der Waals surface area contributed by atoms with Crippen molar-refractivity contribution in [3.63, 3.8) is 0 Å². The number of aromatic nitrogens is 2. The lowest BCUT2D eigenvalue weighted by Crippen LogP contribution is -2.23. The van der Waals surface area contributed by atoms with Gasteiger partial charge in [-0.05, 0) is 31.2 Å². The van der Waals surface area contributed by atoms with Crippen molar-refractivity contribution in [1.82, 2.24) is 15.7 Å². The number of halogens is 4. The molecule has 0 amide bonds. The summed E-state index contributed by atoms with van der Waals surface area (Å²) in [4.78, 5) is 5.39. The van der Waals surface area contributed by atoms with Gasteiger partial charge in [-0.2, -0.15) is 17.6 Å². The zero-order chi connectivity index (χ0) is 18.0. The van der Waals surface area contributed by atoms with E-state index >= 15 is 0 Å². The first-order chi connectivity index (χ1) is 11.9. The van der Waals surface area contributed by atoms with Crippen LogP contribution >= 0.6 is 0 Å². The fraction of sp³-hybridized carbons (Fsp3) is 0.286. The van der Waals surface area contributed by atoms with E-state index in [1.807, 2.05) is 0 Å². The summed E-state index contributed by atoms with van der Waals surface area (Å²) < 4.78 is 63.2. The van der Waals surface area contributed by atoms with Gasteiger partial charge in [-0.25, -0.2) is 0 Å². The number of hydrogen-bond acceptors (Lipinski definition) is 7. The molecule has 1 N–H and O–H groups in total. The normalized spacial score (nSPS) is 19.9. The maximum atomic E-state index is 12.5. The predicted octanol–water partition coefficient (Wildman–Crippen LogP) is 3.06. The van der Waals surface area contributed by atoms with Gasteiger partial charge in [-0.3, -0.25) is 10.3 Å². The second-order valence-electron chi connectivity index (χ2n) is 5.03. The number of nitrogens with one attached hydrogen (secondary N) is 1. The first-order valence-corrected chi connectivity index (χ1v) is 6.85. The average Bonchev–Trinajstić information content (AvgIpc) is 3.18. The van der Waals surface area contributed by atoms with Crippen molar-refractivity contribution in [2.75, 3.05) is 0 Å². The fourth-order valence-corrected chi connectivity index (χ4v) is 2.19. The third-order valence-electron chi connectivity index (χ3n) is 3.26. The summed E-state index contributed by atoms with van der Waals surface area (Å²) in [6.45, 7) is -4.76.